The van der Waals surface area contributed by atoms with Gasteiger partial charge in [-0.2, -0.15) is 0 Å². The average molecular weight is 316 g/mol. The molecule has 1 aromatic carbocycles. The molecule has 18 heavy (non-hydrogen) atoms. The van der Waals surface area contributed by atoms with Crippen LogP contribution in [0.2, 0.25) is 0 Å². The third-order valence-electron chi connectivity index (χ3n) is 2.63. The lowest BCUT2D eigenvalue weighted by Crippen LogP contribution is -2.27. The normalized spacial score (nSPS) is 12.8. The molecule has 0 saturated carbocycles. The molecular formula is C14H22BrNO2. The highest BCUT2D eigenvalue weighted by Crippen LogP contribution is 2.28. The van der Waals surface area contributed by atoms with E-state index in [1.165, 1.54) is 0 Å². The molecule has 0 saturated heterocycles. The molecule has 1 N–H and O–H groups in total. The molecule has 0 bridgehead atoms. The number of hydrogen-bond donors (Lipinski definition) is 1. The summed E-state index contributed by atoms with van der Waals surface area (Å²) in [6.45, 7) is 7.73. The van der Waals surface area contributed by atoms with Gasteiger partial charge in [-0.05, 0) is 44.2 Å². The molecule has 1 rings (SSSR count). The van der Waals surface area contributed by atoms with Crippen LogP contribution < -0.4 is 10.1 Å². The van der Waals surface area contributed by atoms with E-state index in [4.69, 9.17) is 9.47 Å². The predicted molar refractivity (Wildman–Crippen MR) is 78.2 cm³/mol. The summed E-state index contributed by atoms with van der Waals surface area (Å²) in [4.78, 5) is 0. The van der Waals surface area contributed by atoms with E-state index in [2.05, 4.69) is 28.2 Å². The molecule has 0 aliphatic rings. The van der Waals surface area contributed by atoms with Gasteiger partial charge < -0.3 is 14.8 Å². The molecule has 3 nitrogen and oxygen atoms in total. The molecule has 102 valence electrons. The number of halogens is 1. The summed E-state index contributed by atoms with van der Waals surface area (Å²) in [6.07, 6.45) is 0.232. The first-order chi connectivity index (χ1) is 8.58. The van der Waals surface area contributed by atoms with Gasteiger partial charge in [-0.15, -0.1) is 0 Å². The minimum absolute atomic E-state index is 0.168. The van der Waals surface area contributed by atoms with E-state index >= 15 is 0 Å². The van der Waals surface area contributed by atoms with E-state index in [1.807, 2.05) is 32.0 Å². The van der Waals surface area contributed by atoms with Crippen LogP contribution >= 0.6 is 15.9 Å². The Balaban J connectivity index is 2.89. The van der Waals surface area contributed by atoms with Crippen molar-refractivity contribution < 1.29 is 9.47 Å². The van der Waals surface area contributed by atoms with Gasteiger partial charge in [0.25, 0.3) is 0 Å². The van der Waals surface area contributed by atoms with E-state index < -0.39 is 0 Å². The summed E-state index contributed by atoms with van der Waals surface area (Å²) in [5.74, 6) is 0.862. The fraction of sp³-hybridized carbons (Fsp3) is 0.571. The number of nitrogens with one attached hydrogen (secondary N) is 1. The summed E-state index contributed by atoms with van der Waals surface area (Å²) < 4.78 is 12.1. The summed E-state index contributed by atoms with van der Waals surface area (Å²) in [5, 5.41) is 3.44. The van der Waals surface area contributed by atoms with Crippen molar-refractivity contribution in [2.75, 3.05) is 20.3 Å². The zero-order chi connectivity index (χ0) is 13.5. The van der Waals surface area contributed by atoms with E-state index in [1.54, 1.807) is 7.11 Å². The van der Waals surface area contributed by atoms with Gasteiger partial charge in [0.15, 0.2) is 0 Å². The summed E-state index contributed by atoms with van der Waals surface area (Å²) in [7, 11) is 1.68. The monoisotopic (exact) mass is 315 g/mol. The van der Waals surface area contributed by atoms with E-state index in [0.717, 1.165) is 22.3 Å². The van der Waals surface area contributed by atoms with E-state index in [9.17, 15) is 0 Å². The number of rotatable bonds is 7. The first-order valence-corrected chi connectivity index (χ1v) is 7.06. The molecular weight excluding hydrogens is 294 g/mol. The van der Waals surface area contributed by atoms with Gasteiger partial charge in [-0.3, -0.25) is 0 Å². The Bertz CT molecular complexity index is 369. The number of methoxy groups -OCH3 is 1. The van der Waals surface area contributed by atoms with Gasteiger partial charge in [-0.25, -0.2) is 0 Å². The van der Waals surface area contributed by atoms with Crippen LogP contribution in [0.3, 0.4) is 0 Å². The van der Waals surface area contributed by atoms with Crippen molar-refractivity contribution in [3.63, 3.8) is 0 Å². The number of hydrogen-bond acceptors (Lipinski definition) is 3. The van der Waals surface area contributed by atoms with Crippen LogP contribution in [0.4, 0.5) is 0 Å². The van der Waals surface area contributed by atoms with Crippen molar-refractivity contribution in [3.05, 3.63) is 28.2 Å². The van der Waals surface area contributed by atoms with Crippen LogP contribution in [-0.2, 0) is 4.74 Å². The molecule has 4 heteroatoms. The lowest BCUT2D eigenvalue weighted by Gasteiger charge is -2.21. The molecule has 0 aliphatic heterocycles. The Morgan fingerprint density at radius 3 is 2.61 bits per heavy atom. The highest BCUT2D eigenvalue weighted by molar-refractivity contribution is 9.10. The van der Waals surface area contributed by atoms with E-state index in [0.29, 0.717) is 6.61 Å². The van der Waals surface area contributed by atoms with Crippen molar-refractivity contribution >= 4 is 15.9 Å². The predicted octanol–water partition coefficient (Wildman–Crippen LogP) is 3.53. The fourth-order valence-electron chi connectivity index (χ4n) is 1.71. The molecule has 1 atom stereocenters. The van der Waals surface area contributed by atoms with Gasteiger partial charge in [0.05, 0.1) is 25.9 Å². The van der Waals surface area contributed by atoms with Gasteiger partial charge in [-0.1, -0.05) is 22.9 Å². The zero-order valence-electron chi connectivity index (χ0n) is 11.5. The van der Waals surface area contributed by atoms with Crippen molar-refractivity contribution in [3.8, 4) is 5.75 Å². The molecule has 0 spiro atoms. The first-order valence-electron chi connectivity index (χ1n) is 6.26. The van der Waals surface area contributed by atoms with Gasteiger partial charge in [0.2, 0.25) is 0 Å². The van der Waals surface area contributed by atoms with Gasteiger partial charge in [0.1, 0.15) is 5.75 Å². The maximum absolute atomic E-state index is 5.72. The summed E-state index contributed by atoms with van der Waals surface area (Å²) >= 11 is 3.59. The SMILES string of the molecule is CCNC(COC(C)C)c1cc(OC)ccc1Br. The molecule has 1 aromatic rings. The Morgan fingerprint density at radius 2 is 2.06 bits per heavy atom. The Labute approximate surface area is 118 Å². The minimum atomic E-state index is 0.168. The quantitative estimate of drug-likeness (QED) is 0.835. The van der Waals surface area contributed by atoms with Crippen LogP contribution in [0.1, 0.15) is 32.4 Å². The van der Waals surface area contributed by atoms with Crippen molar-refractivity contribution in [1.29, 1.82) is 0 Å². The smallest absolute Gasteiger partial charge is 0.119 e. The topological polar surface area (TPSA) is 30.5 Å². The largest absolute Gasteiger partial charge is 0.497 e. The van der Waals surface area contributed by atoms with Crippen LogP contribution in [0, 0.1) is 0 Å². The Kier molecular flexibility index (Phi) is 6.68. The van der Waals surface area contributed by atoms with Crippen LogP contribution in [0.25, 0.3) is 0 Å². The zero-order valence-corrected chi connectivity index (χ0v) is 13.1. The van der Waals surface area contributed by atoms with Crippen molar-refractivity contribution in [2.45, 2.75) is 32.9 Å². The number of ether oxygens (including phenoxy) is 2. The third-order valence-corrected chi connectivity index (χ3v) is 3.35. The van der Waals surface area contributed by atoms with Gasteiger partial charge in [0, 0.05) is 4.47 Å². The number of likely N-dealkylation sites (N-methyl/N-ethyl adjacent to an activating group) is 1. The summed E-state index contributed by atoms with van der Waals surface area (Å²) in [6, 6.07) is 6.16. The highest BCUT2D eigenvalue weighted by Gasteiger charge is 2.15. The average Bonchev–Trinajstić information content (AvgIpc) is 2.35. The van der Waals surface area contributed by atoms with Crippen molar-refractivity contribution in [2.24, 2.45) is 0 Å². The maximum atomic E-state index is 5.72. The molecule has 0 radical (unpaired) electrons. The third kappa shape index (κ3) is 4.59. The molecule has 0 aliphatic carbocycles. The molecule has 0 heterocycles. The highest BCUT2D eigenvalue weighted by atomic mass is 79.9. The minimum Gasteiger partial charge on any atom is -0.497 e. The summed E-state index contributed by atoms with van der Waals surface area (Å²) in [5.41, 5.74) is 1.16. The van der Waals surface area contributed by atoms with Crippen LogP contribution in [0.15, 0.2) is 22.7 Å². The maximum Gasteiger partial charge on any atom is 0.119 e. The molecule has 0 amide bonds. The van der Waals surface area contributed by atoms with Crippen LogP contribution in [0.5, 0.6) is 5.75 Å². The van der Waals surface area contributed by atoms with Crippen LogP contribution in [-0.4, -0.2) is 26.4 Å². The second-order valence-corrected chi connectivity index (χ2v) is 5.23. The lowest BCUT2D eigenvalue weighted by molar-refractivity contribution is 0.0612. The molecule has 1 unspecified atom stereocenters. The first kappa shape index (κ1) is 15.5. The fourth-order valence-corrected chi connectivity index (χ4v) is 2.23. The second kappa shape index (κ2) is 7.77. The van der Waals surface area contributed by atoms with Gasteiger partial charge >= 0.3 is 0 Å². The Hall–Kier alpha value is -0.580. The van der Waals surface area contributed by atoms with Crippen molar-refractivity contribution in [1.82, 2.24) is 5.32 Å². The standard InChI is InChI=1S/C14H22BrNO2/c1-5-16-14(9-18-10(2)3)12-8-11(17-4)6-7-13(12)15/h6-8,10,14,16H,5,9H2,1-4H3. The Morgan fingerprint density at radius 1 is 1.33 bits per heavy atom. The lowest BCUT2D eigenvalue weighted by atomic mass is 10.1. The second-order valence-electron chi connectivity index (χ2n) is 4.38. The molecule has 0 fully saturated rings. The molecule has 0 aromatic heterocycles. The number of benzene rings is 1. The van der Waals surface area contributed by atoms with E-state index in [-0.39, 0.29) is 12.1 Å².